The van der Waals surface area contributed by atoms with Crippen LogP contribution in [0.25, 0.3) is 0 Å². The van der Waals surface area contributed by atoms with Gasteiger partial charge in [0, 0.05) is 19.5 Å². The minimum atomic E-state index is -0.908. The molecular weight excluding hydrogens is 346 g/mol. The van der Waals surface area contributed by atoms with Gasteiger partial charge in [-0.1, -0.05) is 24.3 Å². The largest absolute Gasteiger partial charge is 0.497 e. The summed E-state index contributed by atoms with van der Waals surface area (Å²) in [5.74, 6) is -0.257. The van der Waals surface area contributed by atoms with Gasteiger partial charge < -0.3 is 19.5 Å². The van der Waals surface area contributed by atoms with Crippen molar-refractivity contribution in [2.24, 2.45) is 0 Å². The number of aryl methyl sites for hydroxylation is 1. The normalized spacial score (nSPS) is 15.8. The first-order valence-corrected chi connectivity index (χ1v) is 8.82. The van der Waals surface area contributed by atoms with E-state index in [4.69, 9.17) is 9.47 Å². The highest BCUT2D eigenvalue weighted by molar-refractivity contribution is 5.81. The average molecular weight is 369 g/mol. The molecule has 2 aromatic carbocycles. The lowest BCUT2D eigenvalue weighted by Crippen LogP contribution is -2.40. The van der Waals surface area contributed by atoms with Gasteiger partial charge in [0.1, 0.15) is 11.5 Å². The molecule has 0 bridgehead atoms. The lowest BCUT2D eigenvalue weighted by atomic mass is 9.89. The van der Waals surface area contributed by atoms with Crippen molar-refractivity contribution in [1.82, 2.24) is 4.90 Å². The molecular formula is C21H23NO5. The number of rotatable bonds is 6. The van der Waals surface area contributed by atoms with Crippen LogP contribution < -0.4 is 9.47 Å². The van der Waals surface area contributed by atoms with Crippen molar-refractivity contribution in [2.45, 2.75) is 25.3 Å². The molecule has 1 aliphatic heterocycles. The number of amides is 1. The number of carbonyl (C=O) groups is 2. The minimum absolute atomic E-state index is 0.0689. The van der Waals surface area contributed by atoms with Crippen molar-refractivity contribution >= 4 is 11.9 Å². The molecule has 27 heavy (non-hydrogen) atoms. The Morgan fingerprint density at radius 2 is 1.93 bits per heavy atom. The lowest BCUT2D eigenvalue weighted by Gasteiger charge is -2.33. The van der Waals surface area contributed by atoms with Gasteiger partial charge in [0.05, 0.1) is 20.1 Å². The first-order valence-electron chi connectivity index (χ1n) is 8.82. The molecule has 0 fully saturated rings. The minimum Gasteiger partial charge on any atom is -0.497 e. The predicted molar refractivity (Wildman–Crippen MR) is 100 cm³/mol. The third-order valence-electron chi connectivity index (χ3n) is 4.94. The van der Waals surface area contributed by atoms with Crippen LogP contribution in [0.5, 0.6) is 11.5 Å². The molecule has 6 heteroatoms. The highest BCUT2D eigenvalue weighted by Crippen LogP contribution is 2.30. The fourth-order valence-corrected chi connectivity index (χ4v) is 3.49. The van der Waals surface area contributed by atoms with Crippen molar-refractivity contribution in [3.63, 3.8) is 0 Å². The van der Waals surface area contributed by atoms with Gasteiger partial charge in [-0.2, -0.15) is 0 Å². The number of hydrogen-bond donors (Lipinski definition) is 1. The summed E-state index contributed by atoms with van der Waals surface area (Å²) in [6, 6.07) is 12.9. The molecule has 0 saturated heterocycles. The Balaban J connectivity index is 1.73. The third-order valence-corrected chi connectivity index (χ3v) is 4.94. The van der Waals surface area contributed by atoms with E-state index < -0.39 is 11.9 Å². The van der Waals surface area contributed by atoms with E-state index in [-0.39, 0.29) is 18.9 Å². The van der Waals surface area contributed by atoms with Gasteiger partial charge in [-0.25, -0.2) is 0 Å². The van der Waals surface area contributed by atoms with Gasteiger partial charge in [0.25, 0.3) is 0 Å². The molecule has 1 N–H and O–H groups in total. The highest BCUT2D eigenvalue weighted by Gasteiger charge is 2.32. The molecule has 0 aliphatic carbocycles. The van der Waals surface area contributed by atoms with E-state index in [0.29, 0.717) is 24.5 Å². The van der Waals surface area contributed by atoms with E-state index in [9.17, 15) is 14.7 Å². The summed E-state index contributed by atoms with van der Waals surface area (Å²) in [6.45, 7) is 0.633. The van der Waals surface area contributed by atoms with E-state index in [1.807, 2.05) is 42.5 Å². The smallest absolute Gasteiger partial charge is 0.312 e. The Morgan fingerprint density at radius 1 is 1.15 bits per heavy atom. The zero-order valence-electron chi connectivity index (χ0n) is 15.5. The Kier molecular flexibility index (Phi) is 5.64. The maximum atomic E-state index is 12.8. The molecule has 0 radical (unpaired) electrons. The van der Waals surface area contributed by atoms with Crippen molar-refractivity contribution in [3.05, 3.63) is 59.2 Å². The number of ether oxygens (including phenoxy) is 2. The number of carboxylic acid groups (broad SMARTS) is 1. The van der Waals surface area contributed by atoms with Crippen LogP contribution in [-0.4, -0.2) is 42.6 Å². The number of benzene rings is 2. The van der Waals surface area contributed by atoms with Gasteiger partial charge in [0.2, 0.25) is 5.91 Å². The third kappa shape index (κ3) is 4.05. The van der Waals surface area contributed by atoms with Crippen molar-refractivity contribution < 1.29 is 24.2 Å². The monoisotopic (exact) mass is 369 g/mol. The molecule has 6 nitrogen and oxygen atoms in total. The summed E-state index contributed by atoms with van der Waals surface area (Å²) in [4.78, 5) is 26.0. The van der Waals surface area contributed by atoms with Gasteiger partial charge in [-0.3, -0.25) is 9.59 Å². The number of hydrogen-bond acceptors (Lipinski definition) is 4. The van der Waals surface area contributed by atoms with Crippen molar-refractivity contribution in [3.8, 4) is 11.5 Å². The Bertz CT molecular complexity index is 848. The molecule has 3 rings (SSSR count). The summed E-state index contributed by atoms with van der Waals surface area (Å²) in [6.07, 6.45) is 0.771. The molecule has 2 aromatic rings. The molecule has 0 saturated carbocycles. The molecule has 0 spiro atoms. The van der Waals surface area contributed by atoms with E-state index in [2.05, 4.69) is 0 Å². The van der Waals surface area contributed by atoms with Crippen LogP contribution in [0.4, 0.5) is 0 Å². The highest BCUT2D eigenvalue weighted by atomic mass is 16.5. The van der Waals surface area contributed by atoms with Crippen LogP contribution in [0.1, 0.15) is 29.0 Å². The summed E-state index contributed by atoms with van der Waals surface area (Å²) >= 11 is 0. The molecule has 1 aliphatic rings. The Labute approximate surface area is 158 Å². The summed E-state index contributed by atoms with van der Waals surface area (Å²) in [5.41, 5.74) is 2.57. The number of carboxylic acids is 1. The van der Waals surface area contributed by atoms with E-state index in [0.717, 1.165) is 16.7 Å². The summed E-state index contributed by atoms with van der Waals surface area (Å²) in [7, 11) is 3.18. The van der Waals surface area contributed by atoms with Gasteiger partial charge in [-0.05, 0) is 41.3 Å². The van der Waals surface area contributed by atoms with Gasteiger partial charge in [0.15, 0.2) is 0 Å². The fraction of sp³-hybridized carbons (Fsp3) is 0.333. The van der Waals surface area contributed by atoms with Crippen LogP contribution in [0.2, 0.25) is 0 Å². The zero-order chi connectivity index (χ0) is 19.4. The number of fused-ring (bicyclic) bond motifs is 1. The van der Waals surface area contributed by atoms with Crippen LogP contribution in [0.15, 0.2) is 42.5 Å². The predicted octanol–water partition coefficient (Wildman–Crippen LogP) is 2.85. The van der Waals surface area contributed by atoms with E-state index >= 15 is 0 Å². The molecule has 1 heterocycles. The van der Waals surface area contributed by atoms with Crippen LogP contribution in [0, 0.1) is 0 Å². The maximum Gasteiger partial charge on any atom is 0.312 e. The lowest BCUT2D eigenvalue weighted by molar-refractivity contribution is -0.141. The Hall–Kier alpha value is -3.02. The molecule has 1 unspecified atom stereocenters. The number of nitrogens with zero attached hydrogens (tertiary/aromatic N) is 1. The number of methoxy groups -OCH3 is 2. The van der Waals surface area contributed by atoms with Crippen molar-refractivity contribution in [2.75, 3.05) is 20.8 Å². The van der Waals surface area contributed by atoms with E-state index in [1.165, 1.54) is 0 Å². The zero-order valence-corrected chi connectivity index (χ0v) is 15.5. The fourth-order valence-electron chi connectivity index (χ4n) is 3.49. The average Bonchev–Trinajstić information content (AvgIpc) is 2.70. The SMILES string of the molecule is COc1ccc(OC)c(CCC(=O)N2Cc3ccccc3C(C(=O)O)C2)c1. The molecule has 1 amide bonds. The quantitative estimate of drug-likeness (QED) is 0.847. The second-order valence-electron chi connectivity index (χ2n) is 6.54. The van der Waals surface area contributed by atoms with Crippen LogP contribution in [-0.2, 0) is 22.6 Å². The van der Waals surface area contributed by atoms with E-state index in [1.54, 1.807) is 19.1 Å². The molecule has 142 valence electrons. The summed E-state index contributed by atoms with van der Waals surface area (Å²) < 4.78 is 10.6. The molecule has 1 atom stereocenters. The first kappa shape index (κ1) is 18.8. The standard InChI is InChI=1S/C21H23NO5/c1-26-16-8-9-19(27-2)14(11-16)7-10-20(23)22-12-15-5-3-4-6-17(15)18(13-22)21(24)25/h3-6,8-9,11,18H,7,10,12-13H2,1-2H3,(H,24,25). The van der Waals surface area contributed by atoms with Crippen molar-refractivity contribution in [1.29, 1.82) is 0 Å². The van der Waals surface area contributed by atoms with Crippen LogP contribution >= 0.6 is 0 Å². The second kappa shape index (κ2) is 8.12. The summed E-state index contributed by atoms with van der Waals surface area (Å²) in [5, 5.41) is 9.55. The molecule has 0 aromatic heterocycles. The second-order valence-corrected chi connectivity index (χ2v) is 6.54. The Morgan fingerprint density at radius 3 is 2.63 bits per heavy atom. The van der Waals surface area contributed by atoms with Gasteiger partial charge >= 0.3 is 5.97 Å². The number of carbonyl (C=O) groups excluding carboxylic acids is 1. The maximum absolute atomic E-state index is 12.8. The van der Waals surface area contributed by atoms with Crippen LogP contribution in [0.3, 0.4) is 0 Å². The van der Waals surface area contributed by atoms with Gasteiger partial charge in [-0.15, -0.1) is 0 Å². The topological polar surface area (TPSA) is 76.1 Å². The number of aliphatic carboxylic acids is 1. The first-order chi connectivity index (χ1) is 13.0.